The molecule has 3 heterocycles. The standard InChI is InChI=1S/C38H41F2N3O13S/c1-20(16-41-29(45)19-43-31(47)6-7-32(43)48)56-34(51)10-8-30(46)42-17-21-13-25(52-2)37(36(40)23(21)18-42)54-11-4-12-55-38-26(53-3)15-27-22(35(38)39)14-28(57-27)24(44)5-9-33(49)50/h13-15,20H,4-12,16-19H2,1-3H3,(H,41,45)(H,49,50)/t20-/m0/s1/i6T/t6?,20-. The van der Waals surface area contributed by atoms with Crippen LogP contribution >= 0.6 is 11.3 Å². The number of imide groups is 1. The number of Topliss-reactive ketones (excluding diaryl/α,β-unsaturated/α-hetero) is 1. The number of fused-ring (bicyclic) bond motifs is 2. The highest BCUT2D eigenvalue weighted by molar-refractivity contribution is 7.20. The maximum atomic E-state index is 15.8. The molecule has 2 aliphatic rings. The first-order chi connectivity index (χ1) is 27.6. The summed E-state index contributed by atoms with van der Waals surface area (Å²) < 4.78 is 66.6. The number of thiophene rings is 1. The van der Waals surface area contributed by atoms with Gasteiger partial charge in [-0.3, -0.25) is 38.5 Å². The predicted octanol–water partition coefficient (Wildman–Crippen LogP) is 3.91. The van der Waals surface area contributed by atoms with Gasteiger partial charge in [0.1, 0.15) is 12.6 Å². The highest BCUT2D eigenvalue weighted by Crippen LogP contribution is 2.41. The van der Waals surface area contributed by atoms with E-state index in [1.807, 2.05) is 0 Å². The van der Waals surface area contributed by atoms with Crippen LogP contribution in [0.3, 0.4) is 0 Å². The van der Waals surface area contributed by atoms with Crippen LogP contribution < -0.4 is 24.3 Å². The quantitative estimate of drug-likeness (QED) is 0.0720. The third-order valence-corrected chi connectivity index (χ3v) is 10.1. The van der Waals surface area contributed by atoms with Crippen LogP contribution in [0, 0.1) is 11.6 Å². The molecule has 2 N–H and O–H groups in total. The van der Waals surface area contributed by atoms with Crippen molar-refractivity contribution in [2.45, 2.75) is 71.0 Å². The third-order valence-electron chi connectivity index (χ3n) is 8.97. The SMILES string of the molecule is [3H]C1CC(=O)N(CC(=O)NC[C@H](C)OC(=O)CCC(=O)N2Cc3cc(OC)c(OCCCOc4c(OC)cc5sc(C(=O)CCC(=O)O)cc5c4F)c(F)c3C2)C1=O. The molecule has 16 nitrogen and oxygen atoms in total. The number of amides is 4. The van der Waals surface area contributed by atoms with Crippen LogP contribution in [0.15, 0.2) is 18.2 Å². The van der Waals surface area contributed by atoms with Crippen LogP contribution in [0.2, 0.25) is 0 Å². The number of ketones is 1. The van der Waals surface area contributed by atoms with Gasteiger partial charge in [0.25, 0.3) is 0 Å². The average molecular weight is 820 g/mol. The van der Waals surface area contributed by atoms with Gasteiger partial charge in [-0.15, -0.1) is 11.3 Å². The van der Waals surface area contributed by atoms with E-state index in [1.165, 1.54) is 38.2 Å². The van der Waals surface area contributed by atoms with Gasteiger partial charge in [0.2, 0.25) is 23.6 Å². The third kappa shape index (κ3) is 10.3. The number of nitrogens with zero attached hydrogens (tertiary/aromatic N) is 2. The number of hydrogen-bond donors (Lipinski definition) is 2. The number of ether oxygens (including phenoxy) is 5. The van der Waals surface area contributed by atoms with Crippen LogP contribution in [-0.4, -0.2) is 103 Å². The molecule has 5 rings (SSSR count). The largest absolute Gasteiger partial charge is 0.493 e. The molecule has 1 aromatic heterocycles. The van der Waals surface area contributed by atoms with Crippen molar-refractivity contribution in [2.75, 3.05) is 40.5 Å². The van der Waals surface area contributed by atoms with Crippen molar-refractivity contribution in [3.05, 3.63) is 45.8 Å². The average Bonchev–Trinajstić information content (AvgIpc) is 3.89. The van der Waals surface area contributed by atoms with E-state index < -0.39 is 72.0 Å². The Hall–Kier alpha value is -5.85. The van der Waals surface area contributed by atoms with Crippen molar-refractivity contribution in [1.82, 2.24) is 15.1 Å². The Kier molecular flexibility index (Phi) is 13.5. The van der Waals surface area contributed by atoms with Gasteiger partial charge in [0, 0.05) is 68.3 Å². The van der Waals surface area contributed by atoms with Crippen molar-refractivity contribution in [3.8, 4) is 23.0 Å². The van der Waals surface area contributed by atoms with Gasteiger partial charge in [0.05, 0.1) is 51.7 Å². The van der Waals surface area contributed by atoms with Crippen LogP contribution in [0.4, 0.5) is 8.78 Å². The van der Waals surface area contributed by atoms with Crippen molar-refractivity contribution in [3.63, 3.8) is 0 Å². The maximum Gasteiger partial charge on any atom is 0.306 e. The summed E-state index contributed by atoms with van der Waals surface area (Å²) >= 11 is 1.01. The number of hydrogen-bond acceptors (Lipinski definition) is 13. The highest BCUT2D eigenvalue weighted by atomic mass is 32.1. The molecule has 19 heteroatoms. The highest BCUT2D eigenvalue weighted by Gasteiger charge is 2.32. The second-order valence-electron chi connectivity index (χ2n) is 13.1. The Morgan fingerprint density at radius 1 is 0.930 bits per heavy atom. The van der Waals surface area contributed by atoms with Crippen molar-refractivity contribution >= 4 is 62.8 Å². The van der Waals surface area contributed by atoms with E-state index in [1.54, 1.807) is 6.07 Å². The molecule has 0 saturated carbocycles. The van der Waals surface area contributed by atoms with Gasteiger partial charge >= 0.3 is 11.9 Å². The minimum absolute atomic E-state index is 0.0515. The summed E-state index contributed by atoms with van der Waals surface area (Å²) in [6, 6.07) is 4.42. The molecule has 0 aliphatic carbocycles. The normalized spacial score (nSPS) is 15.6. The zero-order valence-corrected chi connectivity index (χ0v) is 32.1. The topological polar surface area (TPSA) is 204 Å². The Morgan fingerprint density at radius 3 is 2.26 bits per heavy atom. The van der Waals surface area contributed by atoms with Crippen LogP contribution in [0.5, 0.6) is 23.0 Å². The molecule has 57 heavy (non-hydrogen) atoms. The van der Waals surface area contributed by atoms with E-state index >= 15 is 8.78 Å². The fraction of sp³-hybridized carbons (Fsp3) is 0.447. The van der Waals surface area contributed by atoms with Gasteiger partial charge in [0.15, 0.2) is 40.4 Å². The zero-order valence-electron chi connectivity index (χ0n) is 32.3. The van der Waals surface area contributed by atoms with E-state index in [0.717, 1.165) is 11.3 Å². The fourth-order valence-corrected chi connectivity index (χ4v) is 7.08. The van der Waals surface area contributed by atoms with E-state index in [0.29, 0.717) is 15.2 Å². The van der Waals surface area contributed by atoms with Crippen molar-refractivity contribution in [2.24, 2.45) is 0 Å². The number of rotatable bonds is 20. The summed E-state index contributed by atoms with van der Waals surface area (Å²) in [7, 11) is 2.66. The lowest BCUT2D eigenvalue weighted by atomic mass is 10.1. The van der Waals surface area contributed by atoms with E-state index in [-0.39, 0.29) is 110 Å². The van der Waals surface area contributed by atoms with Crippen LogP contribution in [-0.2, 0) is 46.6 Å². The van der Waals surface area contributed by atoms with Gasteiger partial charge in [-0.05, 0) is 24.6 Å². The van der Waals surface area contributed by atoms with E-state index in [9.17, 15) is 33.6 Å². The van der Waals surface area contributed by atoms with Gasteiger partial charge < -0.3 is 39.0 Å². The lowest BCUT2D eigenvalue weighted by molar-refractivity contribution is -0.150. The molecular formula is C38H41F2N3O13S. The molecule has 0 spiro atoms. The number of benzene rings is 2. The molecule has 2 aromatic carbocycles. The minimum atomic E-state index is -1.23. The number of carboxylic acid groups (broad SMARTS) is 1. The van der Waals surface area contributed by atoms with Crippen molar-refractivity contribution in [1.29, 1.82) is 0 Å². The summed E-state index contributed by atoms with van der Waals surface area (Å²) in [6.45, 7) is 0.647. The summed E-state index contributed by atoms with van der Waals surface area (Å²) in [4.78, 5) is 86.8. The van der Waals surface area contributed by atoms with Crippen LogP contribution in [0.25, 0.3) is 10.1 Å². The Labute approximate surface area is 330 Å². The van der Waals surface area contributed by atoms with Gasteiger partial charge in [-0.1, -0.05) is 0 Å². The number of esters is 1. The van der Waals surface area contributed by atoms with Gasteiger partial charge in [-0.2, -0.15) is 0 Å². The lowest BCUT2D eigenvalue weighted by Gasteiger charge is -2.17. The zero-order chi connectivity index (χ0) is 42.3. The molecule has 2 aliphatic heterocycles. The number of likely N-dealkylation sites (tertiary alicyclic amines) is 1. The minimum Gasteiger partial charge on any atom is -0.493 e. The molecule has 1 fully saturated rings. The first-order valence-electron chi connectivity index (χ1n) is 18.4. The summed E-state index contributed by atoms with van der Waals surface area (Å²) in [5.41, 5.74) is 0.693. The molecular weight excluding hydrogens is 776 g/mol. The Morgan fingerprint density at radius 2 is 1.61 bits per heavy atom. The molecule has 1 unspecified atom stereocenters. The van der Waals surface area contributed by atoms with E-state index in [2.05, 4.69) is 5.32 Å². The van der Waals surface area contributed by atoms with Gasteiger partial charge in [-0.25, -0.2) is 8.78 Å². The molecule has 3 aromatic rings. The number of methoxy groups -OCH3 is 2. The summed E-state index contributed by atoms with van der Waals surface area (Å²) in [6.07, 6.45) is -3.25. The number of nitrogens with one attached hydrogen (secondary N) is 1. The molecule has 1 saturated heterocycles. The monoisotopic (exact) mass is 819 g/mol. The summed E-state index contributed by atoms with van der Waals surface area (Å²) in [5, 5.41) is 11.4. The second kappa shape index (κ2) is 18.9. The van der Waals surface area contributed by atoms with E-state index in [4.69, 9.17) is 30.2 Å². The number of carbonyl (C=O) groups excluding carboxylic acids is 6. The maximum absolute atomic E-state index is 15.8. The number of aliphatic carboxylic acids is 1. The van der Waals surface area contributed by atoms with Crippen molar-refractivity contribution < 1.29 is 72.5 Å². The smallest absolute Gasteiger partial charge is 0.306 e. The Balaban J connectivity index is 1.08. The Bertz CT molecular complexity index is 2130. The summed E-state index contributed by atoms with van der Waals surface area (Å²) in [5.74, 6) is -6.47. The fourth-order valence-electron chi connectivity index (χ4n) is 6.03. The molecule has 2 atom stereocenters. The first-order valence-corrected chi connectivity index (χ1v) is 18.6. The predicted molar refractivity (Wildman–Crippen MR) is 196 cm³/mol. The second-order valence-corrected chi connectivity index (χ2v) is 14.1. The molecule has 4 amide bonds. The number of carboxylic acids is 1. The van der Waals surface area contributed by atoms with Crippen LogP contribution in [0.1, 0.15) is 74.0 Å². The first kappa shape index (κ1) is 40.8. The molecule has 0 bridgehead atoms. The molecule has 0 radical (unpaired) electrons. The lowest BCUT2D eigenvalue weighted by Crippen LogP contribution is -2.42. The number of halogens is 2. The molecule has 306 valence electrons. The number of carbonyl (C=O) groups is 7.